The van der Waals surface area contributed by atoms with Crippen LogP contribution in [0.4, 0.5) is 0 Å². The Morgan fingerprint density at radius 2 is 1.67 bits per heavy atom. The maximum Gasteiger partial charge on any atom is 0.191 e. The molecule has 174 valence electrons. The summed E-state index contributed by atoms with van der Waals surface area (Å²) in [6.07, 6.45) is 3.03. The fraction of sp³-hybridized carbons (Fsp3) is 0.682. The van der Waals surface area contributed by atoms with Crippen LogP contribution in [0.5, 0.6) is 17.2 Å². The molecule has 1 aromatic carbocycles. The number of aliphatic imine (C=N–C) groups is 1. The van der Waals surface area contributed by atoms with Crippen LogP contribution in [0.1, 0.15) is 39.2 Å². The Hall–Kier alpha value is -1.42. The van der Waals surface area contributed by atoms with E-state index in [0.29, 0.717) is 18.3 Å². The fourth-order valence-electron chi connectivity index (χ4n) is 3.29. The van der Waals surface area contributed by atoms with Crippen molar-refractivity contribution < 1.29 is 14.2 Å². The smallest absolute Gasteiger partial charge is 0.191 e. The first-order valence-electron chi connectivity index (χ1n) is 10.5. The molecule has 0 saturated carbocycles. The lowest BCUT2D eigenvalue weighted by Gasteiger charge is -2.21. The van der Waals surface area contributed by atoms with Crippen LogP contribution < -0.4 is 24.8 Å². The van der Waals surface area contributed by atoms with Crippen LogP contribution >= 0.6 is 24.0 Å². The molecule has 0 heterocycles. The van der Waals surface area contributed by atoms with E-state index < -0.39 is 0 Å². The number of nitrogens with one attached hydrogen (secondary N) is 2. The molecule has 0 aliphatic heterocycles. The van der Waals surface area contributed by atoms with E-state index in [1.54, 1.807) is 28.4 Å². The van der Waals surface area contributed by atoms with E-state index in [0.717, 1.165) is 55.5 Å². The van der Waals surface area contributed by atoms with Crippen molar-refractivity contribution in [1.29, 1.82) is 0 Å². The van der Waals surface area contributed by atoms with Crippen molar-refractivity contribution in [3.63, 3.8) is 0 Å². The first kappa shape index (κ1) is 28.6. The van der Waals surface area contributed by atoms with Gasteiger partial charge in [0.15, 0.2) is 5.96 Å². The van der Waals surface area contributed by atoms with Crippen LogP contribution in [-0.2, 0) is 6.42 Å². The second kappa shape index (κ2) is 16.3. The number of benzene rings is 1. The van der Waals surface area contributed by atoms with Crippen molar-refractivity contribution in [3.05, 3.63) is 17.7 Å². The Morgan fingerprint density at radius 1 is 1.07 bits per heavy atom. The minimum Gasteiger partial charge on any atom is -0.496 e. The Labute approximate surface area is 200 Å². The van der Waals surface area contributed by atoms with E-state index >= 15 is 0 Å². The maximum absolute atomic E-state index is 5.52. The van der Waals surface area contributed by atoms with Crippen LogP contribution in [0.15, 0.2) is 17.1 Å². The van der Waals surface area contributed by atoms with Crippen molar-refractivity contribution in [2.45, 2.75) is 46.1 Å². The molecule has 8 heteroatoms. The largest absolute Gasteiger partial charge is 0.496 e. The van der Waals surface area contributed by atoms with Crippen LogP contribution in [0.25, 0.3) is 0 Å². The van der Waals surface area contributed by atoms with E-state index in [4.69, 9.17) is 14.2 Å². The standard InChI is InChI=1S/C22H40N4O3.HI/c1-8-26(9-2)14-10-11-17(3)25-22(23-4)24-13-12-19-20(28-6)15-18(27-5)16-21(19)29-7;/h15-17H,8-14H2,1-7H3,(H2,23,24,25);1H. The number of hydrogen-bond donors (Lipinski definition) is 2. The van der Waals surface area contributed by atoms with Gasteiger partial charge < -0.3 is 29.7 Å². The molecule has 1 aromatic rings. The molecule has 2 N–H and O–H groups in total. The van der Waals surface area contributed by atoms with Crippen LogP contribution in [0, 0.1) is 0 Å². The molecule has 0 fully saturated rings. The topological polar surface area (TPSA) is 67.4 Å². The molecule has 0 aromatic heterocycles. The van der Waals surface area contributed by atoms with Gasteiger partial charge >= 0.3 is 0 Å². The van der Waals surface area contributed by atoms with Crippen molar-refractivity contribution >= 4 is 29.9 Å². The van der Waals surface area contributed by atoms with Gasteiger partial charge in [0.25, 0.3) is 0 Å². The summed E-state index contributed by atoms with van der Waals surface area (Å²) in [5, 5.41) is 6.86. The minimum absolute atomic E-state index is 0. The molecule has 0 aliphatic rings. The van der Waals surface area contributed by atoms with Crippen molar-refractivity contribution in [2.24, 2.45) is 4.99 Å². The molecule has 0 aliphatic carbocycles. The highest BCUT2D eigenvalue weighted by Gasteiger charge is 2.13. The summed E-state index contributed by atoms with van der Waals surface area (Å²) >= 11 is 0. The van der Waals surface area contributed by atoms with E-state index in [9.17, 15) is 0 Å². The maximum atomic E-state index is 5.52. The Kier molecular flexibility index (Phi) is 15.5. The van der Waals surface area contributed by atoms with Crippen molar-refractivity contribution in [1.82, 2.24) is 15.5 Å². The van der Waals surface area contributed by atoms with Crippen LogP contribution in [-0.4, -0.2) is 71.5 Å². The molecule has 1 atom stereocenters. The van der Waals surface area contributed by atoms with Gasteiger partial charge in [0.2, 0.25) is 0 Å². The third kappa shape index (κ3) is 9.59. The third-order valence-electron chi connectivity index (χ3n) is 5.10. The molecule has 0 spiro atoms. The molecule has 0 amide bonds. The van der Waals surface area contributed by atoms with Gasteiger partial charge in [-0.1, -0.05) is 13.8 Å². The number of rotatable bonds is 13. The molecule has 30 heavy (non-hydrogen) atoms. The van der Waals surface area contributed by atoms with Gasteiger partial charge in [-0.3, -0.25) is 4.99 Å². The SMILES string of the molecule is CCN(CC)CCCC(C)NC(=NC)NCCc1c(OC)cc(OC)cc1OC.I. The van der Waals surface area contributed by atoms with Crippen molar-refractivity contribution in [2.75, 3.05) is 54.6 Å². The Balaban J connectivity index is 0.00000841. The van der Waals surface area contributed by atoms with E-state index in [1.807, 2.05) is 12.1 Å². The fourth-order valence-corrected chi connectivity index (χ4v) is 3.29. The van der Waals surface area contributed by atoms with Gasteiger partial charge in [-0.15, -0.1) is 24.0 Å². The molecule has 1 rings (SSSR count). The highest BCUT2D eigenvalue weighted by atomic mass is 127. The zero-order chi connectivity index (χ0) is 21.6. The Morgan fingerprint density at radius 3 is 2.13 bits per heavy atom. The van der Waals surface area contributed by atoms with Crippen LogP contribution in [0.3, 0.4) is 0 Å². The number of methoxy groups -OCH3 is 3. The second-order valence-electron chi connectivity index (χ2n) is 6.97. The van der Waals surface area contributed by atoms with Gasteiger partial charge in [-0.2, -0.15) is 0 Å². The molecule has 0 bridgehead atoms. The highest BCUT2D eigenvalue weighted by molar-refractivity contribution is 14.0. The number of halogens is 1. The summed E-state index contributed by atoms with van der Waals surface area (Å²) in [6.45, 7) is 10.7. The molecule has 0 saturated heterocycles. The van der Waals surface area contributed by atoms with Gasteiger partial charge in [-0.05, 0) is 45.8 Å². The summed E-state index contributed by atoms with van der Waals surface area (Å²) in [5.41, 5.74) is 1.01. The normalized spacial score (nSPS) is 12.2. The minimum atomic E-state index is 0. The molecule has 1 unspecified atom stereocenters. The zero-order valence-electron chi connectivity index (χ0n) is 19.7. The molecular formula is C22H41IN4O3. The van der Waals surface area contributed by atoms with Gasteiger partial charge in [0, 0.05) is 37.3 Å². The average molecular weight is 536 g/mol. The quantitative estimate of drug-likeness (QED) is 0.229. The first-order valence-corrected chi connectivity index (χ1v) is 10.5. The third-order valence-corrected chi connectivity index (χ3v) is 5.10. The van der Waals surface area contributed by atoms with E-state index in [-0.39, 0.29) is 24.0 Å². The number of nitrogens with zero attached hydrogens (tertiary/aromatic N) is 2. The monoisotopic (exact) mass is 536 g/mol. The predicted molar refractivity (Wildman–Crippen MR) is 136 cm³/mol. The van der Waals surface area contributed by atoms with E-state index in [1.165, 1.54) is 6.42 Å². The van der Waals surface area contributed by atoms with E-state index in [2.05, 4.69) is 41.3 Å². The summed E-state index contributed by atoms with van der Waals surface area (Å²) in [6, 6.07) is 4.12. The van der Waals surface area contributed by atoms with Gasteiger partial charge in [-0.25, -0.2) is 0 Å². The summed E-state index contributed by atoms with van der Waals surface area (Å²) < 4.78 is 16.4. The number of hydrogen-bond acceptors (Lipinski definition) is 5. The first-order chi connectivity index (χ1) is 14.0. The summed E-state index contributed by atoms with van der Waals surface area (Å²) in [5.74, 6) is 3.05. The molecule has 7 nitrogen and oxygen atoms in total. The number of ether oxygens (including phenoxy) is 3. The van der Waals surface area contributed by atoms with Crippen molar-refractivity contribution in [3.8, 4) is 17.2 Å². The lowest BCUT2D eigenvalue weighted by atomic mass is 10.1. The summed E-state index contributed by atoms with van der Waals surface area (Å²) in [4.78, 5) is 6.80. The average Bonchev–Trinajstić information content (AvgIpc) is 2.75. The zero-order valence-corrected chi connectivity index (χ0v) is 22.0. The lowest BCUT2D eigenvalue weighted by molar-refractivity contribution is 0.292. The summed E-state index contributed by atoms with van der Waals surface area (Å²) in [7, 11) is 6.75. The number of guanidine groups is 1. The predicted octanol–water partition coefficient (Wildman–Crippen LogP) is 3.55. The molecule has 0 radical (unpaired) electrons. The Bertz CT molecular complexity index is 599. The lowest BCUT2D eigenvalue weighted by Crippen LogP contribution is -2.43. The van der Waals surface area contributed by atoms with Gasteiger partial charge in [0.05, 0.1) is 21.3 Å². The highest BCUT2D eigenvalue weighted by Crippen LogP contribution is 2.34. The second-order valence-corrected chi connectivity index (χ2v) is 6.97. The van der Waals surface area contributed by atoms with Crippen LogP contribution in [0.2, 0.25) is 0 Å². The van der Waals surface area contributed by atoms with Gasteiger partial charge in [0.1, 0.15) is 17.2 Å². The molecular weight excluding hydrogens is 495 g/mol.